The summed E-state index contributed by atoms with van der Waals surface area (Å²) in [4.78, 5) is 26.9. The maximum absolute atomic E-state index is 12.1. The van der Waals surface area contributed by atoms with Crippen LogP contribution in [-0.4, -0.2) is 23.7 Å². The molecule has 1 amide bonds. The molecule has 0 atom stereocenters. The van der Waals surface area contributed by atoms with Gasteiger partial charge in [-0.2, -0.15) is 5.10 Å². The third kappa shape index (κ3) is 4.65. The zero-order valence-corrected chi connectivity index (χ0v) is 16.2. The fraction of sp³-hybridized carbons (Fsp3) is 0.227. The molecule has 0 saturated heterocycles. The summed E-state index contributed by atoms with van der Waals surface area (Å²) in [5, 5.41) is 4.76. The van der Waals surface area contributed by atoms with E-state index in [0.29, 0.717) is 11.3 Å². The number of H-pyrrole nitrogens is 1. The van der Waals surface area contributed by atoms with Gasteiger partial charge in [-0.1, -0.05) is 44.2 Å². The van der Waals surface area contributed by atoms with E-state index >= 15 is 0 Å². The molecule has 3 aromatic rings. The Kier molecular flexibility index (Phi) is 5.89. The number of hydrogen-bond acceptors (Lipinski definition) is 4. The zero-order valence-electron chi connectivity index (χ0n) is 16.2. The monoisotopic (exact) mass is 377 g/mol. The van der Waals surface area contributed by atoms with Crippen molar-refractivity contribution in [2.45, 2.75) is 26.7 Å². The fourth-order valence-corrected chi connectivity index (χ4v) is 2.85. The van der Waals surface area contributed by atoms with E-state index in [2.05, 4.69) is 29.4 Å². The summed E-state index contributed by atoms with van der Waals surface area (Å²) < 4.78 is 5.67. The molecule has 0 fully saturated rings. The van der Waals surface area contributed by atoms with Crippen molar-refractivity contribution < 1.29 is 9.53 Å². The number of benzene rings is 2. The average molecular weight is 377 g/mol. The number of rotatable bonds is 6. The summed E-state index contributed by atoms with van der Waals surface area (Å²) in [5.74, 6) is 0.584. The van der Waals surface area contributed by atoms with E-state index in [1.807, 2.05) is 49.4 Å². The molecule has 28 heavy (non-hydrogen) atoms. The van der Waals surface area contributed by atoms with Gasteiger partial charge in [0.25, 0.3) is 11.5 Å². The molecule has 1 heterocycles. The summed E-state index contributed by atoms with van der Waals surface area (Å²) in [6, 6.07) is 15.1. The Morgan fingerprint density at radius 3 is 2.79 bits per heavy atom. The second kappa shape index (κ2) is 8.52. The summed E-state index contributed by atoms with van der Waals surface area (Å²) >= 11 is 0. The number of carbonyl (C=O) groups excluding carboxylic acids is 1. The van der Waals surface area contributed by atoms with Crippen LogP contribution in [0.2, 0.25) is 0 Å². The van der Waals surface area contributed by atoms with E-state index in [0.717, 1.165) is 22.0 Å². The molecule has 6 nitrogen and oxygen atoms in total. The van der Waals surface area contributed by atoms with Gasteiger partial charge in [0.15, 0.2) is 6.61 Å². The Morgan fingerprint density at radius 2 is 2.00 bits per heavy atom. The zero-order chi connectivity index (χ0) is 20.1. The Bertz CT molecular complexity index is 1080. The molecule has 3 rings (SSSR count). The van der Waals surface area contributed by atoms with Crippen molar-refractivity contribution in [2.75, 3.05) is 6.61 Å². The lowest BCUT2D eigenvalue weighted by Crippen LogP contribution is -2.25. The van der Waals surface area contributed by atoms with Gasteiger partial charge in [0.1, 0.15) is 5.75 Å². The second-order valence-corrected chi connectivity index (χ2v) is 6.92. The molecular formula is C22H23N3O3. The Labute approximate surface area is 163 Å². The maximum Gasteiger partial charge on any atom is 0.277 e. The van der Waals surface area contributed by atoms with E-state index < -0.39 is 5.91 Å². The first kappa shape index (κ1) is 19.4. The summed E-state index contributed by atoms with van der Waals surface area (Å²) in [6.07, 6.45) is 1.33. The van der Waals surface area contributed by atoms with Crippen LogP contribution in [0.3, 0.4) is 0 Å². The van der Waals surface area contributed by atoms with Crippen LogP contribution in [0.25, 0.3) is 10.9 Å². The van der Waals surface area contributed by atoms with Gasteiger partial charge in [-0.3, -0.25) is 9.59 Å². The Balaban J connectivity index is 1.63. The number of nitrogens with one attached hydrogen (secondary N) is 2. The lowest BCUT2D eigenvalue weighted by molar-refractivity contribution is -0.123. The highest BCUT2D eigenvalue weighted by Crippen LogP contribution is 2.27. The molecule has 0 spiro atoms. The van der Waals surface area contributed by atoms with Gasteiger partial charge in [0, 0.05) is 5.52 Å². The van der Waals surface area contributed by atoms with Crippen molar-refractivity contribution in [1.29, 1.82) is 0 Å². The lowest BCUT2D eigenvalue weighted by Gasteiger charge is -2.14. The molecule has 0 bridgehead atoms. The largest absolute Gasteiger partial charge is 0.483 e. The predicted octanol–water partition coefficient (Wildman–Crippen LogP) is 3.49. The molecule has 144 valence electrons. The highest BCUT2D eigenvalue weighted by molar-refractivity contribution is 5.88. The SMILES string of the molecule is Cc1ccc(C(C)C)c(OCC(=O)N/N=C\c2cc3ccccc3[nH]c2=O)c1. The number of fused-ring (bicyclic) bond motifs is 1. The van der Waals surface area contributed by atoms with Crippen molar-refractivity contribution >= 4 is 23.0 Å². The highest BCUT2D eigenvalue weighted by Gasteiger charge is 2.10. The van der Waals surface area contributed by atoms with Gasteiger partial charge in [-0.15, -0.1) is 0 Å². The van der Waals surface area contributed by atoms with Crippen LogP contribution < -0.4 is 15.7 Å². The van der Waals surface area contributed by atoms with E-state index in [1.54, 1.807) is 6.07 Å². The highest BCUT2D eigenvalue weighted by atomic mass is 16.5. The number of ether oxygens (including phenoxy) is 1. The molecule has 2 N–H and O–H groups in total. The van der Waals surface area contributed by atoms with Crippen LogP contribution in [0, 0.1) is 6.92 Å². The lowest BCUT2D eigenvalue weighted by atomic mass is 10.0. The van der Waals surface area contributed by atoms with Gasteiger partial charge in [-0.25, -0.2) is 5.43 Å². The average Bonchev–Trinajstić information content (AvgIpc) is 2.66. The van der Waals surface area contributed by atoms with E-state index in [4.69, 9.17) is 4.74 Å². The fourth-order valence-electron chi connectivity index (χ4n) is 2.85. The van der Waals surface area contributed by atoms with Crippen LogP contribution in [0.5, 0.6) is 5.75 Å². The van der Waals surface area contributed by atoms with Crippen molar-refractivity contribution in [3.63, 3.8) is 0 Å². The molecule has 0 saturated carbocycles. The number of aryl methyl sites for hydroxylation is 1. The number of hydrazone groups is 1. The van der Waals surface area contributed by atoms with Crippen LogP contribution >= 0.6 is 0 Å². The molecule has 0 unspecified atom stereocenters. The molecule has 0 aliphatic rings. The van der Waals surface area contributed by atoms with Gasteiger partial charge < -0.3 is 9.72 Å². The molecule has 6 heteroatoms. The molecule has 1 aromatic heterocycles. The van der Waals surface area contributed by atoms with Crippen molar-refractivity contribution in [3.8, 4) is 5.75 Å². The number of pyridine rings is 1. The predicted molar refractivity (Wildman–Crippen MR) is 111 cm³/mol. The van der Waals surface area contributed by atoms with Crippen molar-refractivity contribution in [2.24, 2.45) is 5.10 Å². The number of nitrogens with zero attached hydrogens (tertiary/aromatic N) is 1. The van der Waals surface area contributed by atoms with Crippen LogP contribution in [0.1, 0.15) is 36.5 Å². The minimum absolute atomic E-state index is 0.158. The van der Waals surface area contributed by atoms with Crippen molar-refractivity contribution in [1.82, 2.24) is 10.4 Å². The van der Waals surface area contributed by atoms with Gasteiger partial charge >= 0.3 is 0 Å². The summed E-state index contributed by atoms with van der Waals surface area (Å²) in [6.45, 7) is 5.96. The Morgan fingerprint density at radius 1 is 1.21 bits per heavy atom. The number of hydrogen-bond donors (Lipinski definition) is 2. The normalized spacial score (nSPS) is 11.3. The maximum atomic E-state index is 12.1. The van der Waals surface area contributed by atoms with E-state index in [9.17, 15) is 9.59 Å². The third-order valence-corrected chi connectivity index (χ3v) is 4.32. The second-order valence-electron chi connectivity index (χ2n) is 6.92. The van der Waals surface area contributed by atoms with Crippen LogP contribution in [0.4, 0.5) is 0 Å². The number of aromatic amines is 1. The third-order valence-electron chi connectivity index (χ3n) is 4.32. The number of aromatic nitrogens is 1. The molecule has 0 aliphatic carbocycles. The number of amides is 1. The first-order valence-corrected chi connectivity index (χ1v) is 9.11. The molecule has 2 aromatic carbocycles. The van der Waals surface area contributed by atoms with Gasteiger partial charge in [0.05, 0.1) is 11.8 Å². The molecule has 0 aliphatic heterocycles. The quantitative estimate of drug-likeness (QED) is 0.509. The topological polar surface area (TPSA) is 83.5 Å². The van der Waals surface area contributed by atoms with Gasteiger partial charge in [-0.05, 0) is 47.6 Å². The smallest absolute Gasteiger partial charge is 0.277 e. The van der Waals surface area contributed by atoms with Crippen molar-refractivity contribution in [3.05, 3.63) is 75.6 Å². The molecular weight excluding hydrogens is 354 g/mol. The Hall–Kier alpha value is -3.41. The van der Waals surface area contributed by atoms with E-state index in [1.165, 1.54) is 6.21 Å². The standard InChI is InChI=1S/C22H23N3O3/c1-14(2)18-9-8-15(3)10-20(18)28-13-21(26)25-23-12-17-11-16-6-4-5-7-19(16)24-22(17)27/h4-12,14H,13H2,1-3H3,(H,24,27)(H,25,26)/b23-12-. The summed E-state index contributed by atoms with van der Waals surface area (Å²) in [7, 11) is 0. The number of carbonyl (C=O) groups is 1. The van der Waals surface area contributed by atoms with E-state index in [-0.39, 0.29) is 18.1 Å². The first-order valence-electron chi connectivity index (χ1n) is 9.11. The number of para-hydroxylation sites is 1. The van der Waals surface area contributed by atoms with Crippen LogP contribution in [0.15, 0.2) is 58.4 Å². The molecule has 0 radical (unpaired) electrons. The minimum Gasteiger partial charge on any atom is -0.483 e. The minimum atomic E-state index is -0.398. The van der Waals surface area contributed by atoms with Crippen LogP contribution in [-0.2, 0) is 4.79 Å². The summed E-state index contributed by atoms with van der Waals surface area (Å²) in [5.41, 5.74) is 5.35. The first-order chi connectivity index (χ1) is 13.4. The van der Waals surface area contributed by atoms with Gasteiger partial charge in [0.2, 0.25) is 0 Å².